The van der Waals surface area contributed by atoms with Gasteiger partial charge in [-0.05, 0) is 17.5 Å². The highest BCUT2D eigenvalue weighted by Crippen LogP contribution is 2.30. The summed E-state index contributed by atoms with van der Waals surface area (Å²) in [5.74, 6) is 1.26. The van der Waals surface area contributed by atoms with Crippen molar-refractivity contribution in [2.24, 2.45) is 19.5 Å². The molecule has 0 saturated heterocycles. The fraction of sp³-hybridized carbons (Fsp3) is 0.435. The number of carbonyl (C=O) groups excluding carboxylic acids is 1. The summed E-state index contributed by atoms with van der Waals surface area (Å²) in [5, 5.41) is 3.39. The van der Waals surface area contributed by atoms with Crippen LogP contribution in [0, 0.1) is 5.41 Å². The van der Waals surface area contributed by atoms with Crippen molar-refractivity contribution in [2.45, 2.75) is 32.2 Å². The Balaban J connectivity index is 1.94. The summed E-state index contributed by atoms with van der Waals surface area (Å²) >= 11 is 1.12. The molecule has 0 fully saturated rings. The van der Waals surface area contributed by atoms with Crippen LogP contribution in [-0.2, 0) is 25.3 Å². The molecule has 11 heteroatoms. The lowest BCUT2D eigenvalue weighted by atomic mass is 9.92. The molecule has 0 aliphatic carbocycles. The second kappa shape index (κ2) is 9.88. The van der Waals surface area contributed by atoms with Crippen molar-refractivity contribution >= 4 is 34.4 Å². The number of fused-ring (bicyclic) bond motifs is 1. The number of aryl methyl sites for hydroxylation is 1. The van der Waals surface area contributed by atoms with E-state index in [9.17, 15) is 14.4 Å². The number of aromatic nitrogens is 4. The van der Waals surface area contributed by atoms with Gasteiger partial charge in [0.05, 0.1) is 20.0 Å². The SMILES string of the molecule is COc1ccc(NC(=O)CSc2nc(CC(C)(C)C)nc3c2c(=O)n(C)c(=O)n3C)cc1OC. The maximum absolute atomic E-state index is 12.9. The number of rotatable bonds is 7. The van der Waals surface area contributed by atoms with Crippen molar-refractivity contribution in [2.75, 3.05) is 25.3 Å². The van der Waals surface area contributed by atoms with Crippen LogP contribution in [0.4, 0.5) is 5.69 Å². The van der Waals surface area contributed by atoms with Gasteiger partial charge in [0, 0.05) is 32.3 Å². The number of nitrogens with zero attached hydrogens (tertiary/aromatic N) is 4. The number of anilines is 1. The van der Waals surface area contributed by atoms with Crippen LogP contribution in [0.1, 0.15) is 26.6 Å². The van der Waals surface area contributed by atoms with Gasteiger partial charge in [0.25, 0.3) is 5.56 Å². The molecule has 0 unspecified atom stereocenters. The summed E-state index contributed by atoms with van der Waals surface area (Å²) in [4.78, 5) is 47.2. The van der Waals surface area contributed by atoms with E-state index in [0.717, 1.165) is 16.3 Å². The number of nitrogens with one attached hydrogen (secondary N) is 1. The molecule has 0 atom stereocenters. The first-order chi connectivity index (χ1) is 15.9. The molecule has 10 nitrogen and oxygen atoms in total. The van der Waals surface area contributed by atoms with Crippen LogP contribution in [0.25, 0.3) is 11.0 Å². The second-order valence-electron chi connectivity index (χ2n) is 8.99. The smallest absolute Gasteiger partial charge is 0.332 e. The molecule has 0 spiro atoms. The molecule has 1 amide bonds. The Morgan fingerprint density at radius 3 is 2.35 bits per heavy atom. The summed E-state index contributed by atoms with van der Waals surface area (Å²) in [5.41, 5.74) is -0.283. The fourth-order valence-corrected chi connectivity index (χ4v) is 4.21. The monoisotopic (exact) mass is 487 g/mol. The predicted octanol–water partition coefficient (Wildman–Crippen LogP) is 2.36. The first-order valence-electron chi connectivity index (χ1n) is 10.6. The molecule has 0 aliphatic heterocycles. The average molecular weight is 488 g/mol. The molecule has 3 aromatic rings. The fourth-order valence-electron chi connectivity index (χ4n) is 3.37. The molecule has 2 heterocycles. The molecule has 2 aromatic heterocycles. The zero-order chi connectivity index (χ0) is 25.2. The Morgan fingerprint density at radius 2 is 1.74 bits per heavy atom. The molecule has 0 aliphatic rings. The van der Waals surface area contributed by atoms with Gasteiger partial charge in [0.15, 0.2) is 17.1 Å². The molecular weight excluding hydrogens is 458 g/mol. The van der Waals surface area contributed by atoms with Crippen LogP contribution in [0.5, 0.6) is 11.5 Å². The first kappa shape index (κ1) is 25.3. The van der Waals surface area contributed by atoms with Crippen LogP contribution in [-0.4, -0.2) is 45.0 Å². The van der Waals surface area contributed by atoms with E-state index in [2.05, 4.69) is 15.3 Å². The Labute approximate surface area is 201 Å². The molecule has 0 saturated carbocycles. The number of benzene rings is 1. The highest BCUT2D eigenvalue weighted by atomic mass is 32.2. The van der Waals surface area contributed by atoms with Crippen LogP contribution in [0.15, 0.2) is 32.8 Å². The Morgan fingerprint density at radius 1 is 1.06 bits per heavy atom. The third-order valence-corrected chi connectivity index (χ3v) is 5.98. The highest BCUT2D eigenvalue weighted by Gasteiger charge is 2.21. The van der Waals surface area contributed by atoms with Gasteiger partial charge < -0.3 is 14.8 Å². The standard InChI is InChI=1S/C23H29N5O5S/c1-23(2,3)11-16-25-19-18(21(30)28(5)22(31)27(19)4)20(26-16)34-12-17(29)24-13-8-9-14(32-6)15(10-13)33-7/h8-10H,11-12H2,1-7H3,(H,24,29). The third kappa shape index (κ3) is 5.41. The van der Waals surface area contributed by atoms with Crippen molar-refractivity contribution in [3.05, 3.63) is 44.9 Å². The van der Waals surface area contributed by atoms with E-state index in [1.54, 1.807) is 25.2 Å². The summed E-state index contributed by atoms with van der Waals surface area (Å²) in [6, 6.07) is 5.06. The number of hydrogen-bond acceptors (Lipinski definition) is 8. The lowest BCUT2D eigenvalue weighted by molar-refractivity contribution is -0.113. The lowest BCUT2D eigenvalue weighted by Crippen LogP contribution is -2.38. The maximum Gasteiger partial charge on any atom is 0.332 e. The zero-order valence-corrected chi connectivity index (χ0v) is 21.2. The van der Waals surface area contributed by atoms with Crippen molar-refractivity contribution in [3.63, 3.8) is 0 Å². The number of carbonyl (C=O) groups is 1. The van der Waals surface area contributed by atoms with Gasteiger partial charge in [-0.3, -0.25) is 18.7 Å². The first-order valence-corrected chi connectivity index (χ1v) is 11.5. The summed E-state index contributed by atoms with van der Waals surface area (Å²) in [7, 11) is 6.02. The van der Waals surface area contributed by atoms with E-state index in [0.29, 0.717) is 34.5 Å². The molecule has 182 valence electrons. The van der Waals surface area contributed by atoms with E-state index < -0.39 is 11.2 Å². The molecule has 3 rings (SSSR count). The van der Waals surface area contributed by atoms with Gasteiger partial charge >= 0.3 is 5.69 Å². The van der Waals surface area contributed by atoms with Crippen molar-refractivity contribution in [1.29, 1.82) is 0 Å². The van der Waals surface area contributed by atoms with Crippen LogP contribution >= 0.6 is 11.8 Å². The minimum atomic E-state index is -0.497. The van der Waals surface area contributed by atoms with E-state index in [1.807, 2.05) is 20.8 Å². The summed E-state index contributed by atoms with van der Waals surface area (Å²) in [6.45, 7) is 6.15. The molecule has 0 radical (unpaired) electrons. The number of ether oxygens (including phenoxy) is 2. The Bertz CT molecular complexity index is 1360. The molecule has 0 bridgehead atoms. The quantitative estimate of drug-likeness (QED) is 0.399. The van der Waals surface area contributed by atoms with Crippen LogP contribution < -0.4 is 26.0 Å². The summed E-state index contributed by atoms with van der Waals surface area (Å²) in [6.07, 6.45) is 0.539. The number of amides is 1. The van der Waals surface area contributed by atoms with E-state index in [4.69, 9.17) is 9.47 Å². The normalized spacial score (nSPS) is 11.5. The average Bonchev–Trinajstić information content (AvgIpc) is 2.78. The lowest BCUT2D eigenvalue weighted by Gasteiger charge is -2.18. The topological polar surface area (TPSA) is 117 Å². The van der Waals surface area contributed by atoms with E-state index in [-0.39, 0.29) is 28.1 Å². The van der Waals surface area contributed by atoms with Gasteiger partial charge in [0.1, 0.15) is 16.2 Å². The zero-order valence-electron chi connectivity index (χ0n) is 20.4. The molecule has 1 aromatic carbocycles. The molecular formula is C23H29N5O5S. The number of methoxy groups -OCH3 is 2. The highest BCUT2D eigenvalue weighted by molar-refractivity contribution is 8.00. The van der Waals surface area contributed by atoms with Gasteiger partial charge in [-0.15, -0.1) is 0 Å². The van der Waals surface area contributed by atoms with Crippen molar-refractivity contribution in [3.8, 4) is 11.5 Å². The molecule has 34 heavy (non-hydrogen) atoms. The van der Waals surface area contributed by atoms with Crippen LogP contribution in [0.3, 0.4) is 0 Å². The minimum Gasteiger partial charge on any atom is -0.493 e. The molecule has 1 N–H and O–H groups in total. The largest absolute Gasteiger partial charge is 0.493 e. The van der Waals surface area contributed by atoms with Gasteiger partial charge in [-0.25, -0.2) is 14.8 Å². The van der Waals surface area contributed by atoms with Gasteiger partial charge in [-0.1, -0.05) is 32.5 Å². The van der Waals surface area contributed by atoms with E-state index >= 15 is 0 Å². The Kier molecular flexibility index (Phi) is 7.35. The second-order valence-corrected chi connectivity index (χ2v) is 9.96. The Hall–Kier alpha value is -3.34. The van der Waals surface area contributed by atoms with Crippen molar-refractivity contribution in [1.82, 2.24) is 19.1 Å². The number of thioether (sulfide) groups is 1. The van der Waals surface area contributed by atoms with E-state index in [1.165, 1.54) is 25.8 Å². The van der Waals surface area contributed by atoms with Crippen LogP contribution in [0.2, 0.25) is 0 Å². The van der Waals surface area contributed by atoms with Gasteiger partial charge in [0.2, 0.25) is 5.91 Å². The summed E-state index contributed by atoms with van der Waals surface area (Å²) < 4.78 is 12.8. The maximum atomic E-state index is 12.9. The number of hydrogen-bond donors (Lipinski definition) is 1. The van der Waals surface area contributed by atoms with Crippen molar-refractivity contribution < 1.29 is 14.3 Å². The van der Waals surface area contributed by atoms with Gasteiger partial charge in [-0.2, -0.15) is 0 Å². The third-order valence-electron chi connectivity index (χ3n) is 5.01. The predicted molar refractivity (Wildman–Crippen MR) is 132 cm³/mol. The minimum absolute atomic E-state index is 0.00140.